The summed E-state index contributed by atoms with van der Waals surface area (Å²) in [5.41, 5.74) is 1.22. The topological polar surface area (TPSA) is 29.5 Å². The summed E-state index contributed by atoms with van der Waals surface area (Å²) in [6.45, 7) is 1.81. The van der Waals surface area contributed by atoms with Gasteiger partial charge in [-0.3, -0.25) is 0 Å². The lowest BCUT2D eigenvalue weighted by atomic mass is 9.90. The van der Waals surface area contributed by atoms with Gasteiger partial charge in [0.1, 0.15) is 11.6 Å². The molecule has 4 heteroatoms. The van der Waals surface area contributed by atoms with Gasteiger partial charge in [0.05, 0.1) is 13.2 Å². The third-order valence-corrected chi connectivity index (χ3v) is 3.87. The average molecular weight is 339 g/mol. The molecule has 1 N–H and O–H groups in total. The van der Waals surface area contributed by atoms with Gasteiger partial charge in [0.2, 0.25) is 0 Å². The minimum absolute atomic E-state index is 0.312. The number of methoxy groups -OCH3 is 1. The van der Waals surface area contributed by atoms with E-state index in [9.17, 15) is 9.50 Å². The summed E-state index contributed by atoms with van der Waals surface area (Å²) in [4.78, 5) is 0. The number of hydrogen-bond donors (Lipinski definition) is 1. The first-order valence-electron chi connectivity index (χ1n) is 6.30. The Labute approximate surface area is 126 Å². The highest BCUT2D eigenvalue weighted by molar-refractivity contribution is 9.10. The molecule has 0 heterocycles. The van der Waals surface area contributed by atoms with E-state index < -0.39 is 6.10 Å². The van der Waals surface area contributed by atoms with Crippen LogP contribution in [0.4, 0.5) is 4.39 Å². The third kappa shape index (κ3) is 3.19. The van der Waals surface area contributed by atoms with Crippen LogP contribution >= 0.6 is 15.9 Å². The molecule has 0 saturated carbocycles. The molecular formula is C16H16BrFO2. The molecule has 0 aromatic heterocycles. The Hall–Kier alpha value is -1.39. The van der Waals surface area contributed by atoms with Gasteiger partial charge >= 0.3 is 0 Å². The van der Waals surface area contributed by atoms with Crippen LogP contribution < -0.4 is 4.74 Å². The molecule has 0 spiro atoms. The van der Waals surface area contributed by atoms with Crippen molar-refractivity contribution in [2.24, 2.45) is 0 Å². The van der Waals surface area contributed by atoms with Gasteiger partial charge in [0.15, 0.2) is 0 Å². The van der Waals surface area contributed by atoms with Gasteiger partial charge in [-0.1, -0.05) is 35.0 Å². The molecule has 0 saturated heterocycles. The number of hydrogen-bond acceptors (Lipinski definition) is 2. The van der Waals surface area contributed by atoms with Gasteiger partial charge < -0.3 is 9.84 Å². The van der Waals surface area contributed by atoms with Crippen LogP contribution in [0.2, 0.25) is 0 Å². The summed E-state index contributed by atoms with van der Waals surface area (Å²) in [5.74, 6) is 0.0661. The van der Waals surface area contributed by atoms with E-state index in [1.807, 2.05) is 0 Å². The van der Waals surface area contributed by atoms with Crippen LogP contribution in [0.3, 0.4) is 0 Å². The summed E-state index contributed by atoms with van der Waals surface area (Å²) in [6.07, 6.45) is -0.773. The lowest BCUT2D eigenvalue weighted by molar-refractivity contribution is 0.150. The number of benzene rings is 2. The van der Waals surface area contributed by atoms with E-state index in [0.29, 0.717) is 5.56 Å². The first-order chi connectivity index (χ1) is 9.52. The molecule has 0 amide bonds. The standard InChI is InChI=1S/C16H16BrFO2/c1-10(14-9-12(17)5-8-15(14)18)16(19)11-3-6-13(20-2)7-4-11/h3-10,16,19H,1-2H3/t10-,16-/m0/s1. The van der Waals surface area contributed by atoms with Crippen LogP contribution in [0, 0.1) is 5.82 Å². The first kappa shape index (κ1) is 15.0. The maximum Gasteiger partial charge on any atom is 0.126 e. The zero-order chi connectivity index (χ0) is 14.7. The molecule has 20 heavy (non-hydrogen) atoms. The molecule has 0 bridgehead atoms. The smallest absolute Gasteiger partial charge is 0.126 e. The van der Waals surface area contributed by atoms with Crippen LogP contribution in [-0.4, -0.2) is 12.2 Å². The van der Waals surface area contributed by atoms with Crippen molar-refractivity contribution in [3.63, 3.8) is 0 Å². The molecule has 2 rings (SSSR count). The lowest BCUT2D eigenvalue weighted by Gasteiger charge is -2.20. The summed E-state index contributed by atoms with van der Waals surface area (Å²) in [5, 5.41) is 10.4. The van der Waals surface area contributed by atoms with Gasteiger partial charge in [0.25, 0.3) is 0 Å². The van der Waals surface area contributed by atoms with Crippen LogP contribution in [0.25, 0.3) is 0 Å². The fourth-order valence-corrected chi connectivity index (χ4v) is 2.50. The van der Waals surface area contributed by atoms with E-state index in [1.54, 1.807) is 50.4 Å². The van der Waals surface area contributed by atoms with Crippen LogP contribution in [0.1, 0.15) is 30.1 Å². The maximum absolute atomic E-state index is 13.9. The molecule has 2 aromatic carbocycles. The minimum atomic E-state index is -0.773. The second kappa shape index (κ2) is 6.37. The van der Waals surface area contributed by atoms with E-state index in [4.69, 9.17) is 4.74 Å². The second-order valence-electron chi connectivity index (χ2n) is 4.67. The number of aliphatic hydroxyl groups excluding tert-OH is 1. The van der Waals surface area contributed by atoms with Crippen LogP contribution in [0.15, 0.2) is 46.9 Å². The number of rotatable bonds is 4. The normalized spacial score (nSPS) is 13.8. The molecule has 0 unspecified atom stereocenters. The van der Waals surface area contributed by atoms with Gasteiger partial charge in [0, 0.05) is 10.4 Å². The number of aliphatic hydroxyl groups is 1. The number of halogens is 2. The fourth-order valence-electron chi connectivity index (χ4n) is 2.12. The van der Waals surface area contributed by atoms with Gasteiger partial charge in [-0.2, -0.15) is 0 Å². The Morgan fingerprint density at radius 2 is 1.80 bits per heavy atom. The van der Waals surface area contributed by atoms with E-state index >= 15 is 0 Å². The first-order valence-corrected chi connectivity index (χ1v) is 7.09. The molecule has 0 aliphatic heterocycles. The van der Waals surface area contributed by atoms with Gasteiger partial charge in [-0.15, -0.1) is 0 Å². The molecule has 0 radical (unpaired) electrons. The number of ether oxygens (including phenoxy) is 1. The van der Waals surface area contributed by atoms with Crippen molar-refractivity contribution in [3.8, 4) is 5.75 Å². The van der Waals surface area contributed by atoms with E-state index in [0.717, 1.165) is 15.8 Å². The Morgan fingerprint density at radius 1 is 1.15 bits per heavy atom. The van der Waals surface area contributed by atoms with Crippen molar-refractivity contribution in [3.05, 3.63) is 63.9 Å². The second-order valence-corrected chi connectivity index (χ2v) is 5.59. The quantitative estimate of drug-likeness (QED) is 0.893. The molecule has 2 atom stereocenters. The van der Waals surface area contributed by atoms with Crippen molar-refractivity contribution in [1.29, 1.82) is 0 Å². The van der Waals surface area contributed by atoms with Gasteiger partial charge in [-0.05, 0) is 41.5 Å². The molecule has 0 aliphatic rings. The van der Waals surface area contributed by atoms with E-state index in [2.05, 4.69) is 15.9 Å². The van der Waals surface area contributed by atoms with Gasteiger partial charge in [-0.25, -0.2) is 4.39 Å². The minimum Gasteiger partial charge on any atom is -0.497 e. The highest BCUT2D eigenvalue weighted by atomic mass is 79.9. The summed E-state index contributed by atoms with van der Waals surface area (Å²) < 4.78 is 19.7. The largest absolute Gasteiger partial charge is 0.497 e. The maximum atomic E-state index is 13.9. The van der Waals surface area contributed by atoms with E-state index in [-0.39, 0.29) is 11.7 Å². The molecule has 2 nitrogen and oxygen atoms in total. The Kier molecular flexibility index (Phi) is 4.78. The highest BCUT2D eigenvalue weighted by Crippen LogP contribution is 2.33. The third-order valence-electron chi connectivity index (χ3n) is 3.38. The van der Waals surface area contributed by atoms with Crippen molar-refractivity contribution in [2.45, 2.75) is 18.9 Å². The summed E-state index contributed by atoms with van der Waals surface area (Å²) in [6, 6.07) is 11.9. The SMILES string of the molecule is COc1ccc([C@@H](O)[C@@H](C)c2cc(Br)ccc2F)cc1. The monoisotopic (exact) mass is 338 g/mol. The fraction of sp³-hybridized carbons (Fsp3) is 0.250. The van der Waals surface area contributed by atoms with E-state index in [1.165, 1.54) is 6.07 Å². The highest BCUT2D eigenvalue weighted by Gasteiger charge is 2.21. The zero-order valence-electron chi connectivity index (χ0n) is 11.3. The molecule has 0 fully saturated rings. The van der Waals surface area contributed by atoms with Crippen molar-refractivity contribution in [2.75, 3.05) is 7.11 Å². The summed E-state index contributed by atoms with van der Waals surface area (Å²) >= 11 is 3.32. The lowest BCUT2D eigenvalue weighted by Crippen LogP contribution is -2.09. The molecule has 0 aliphatic carbocycles. The molecular weight excluding hydrogens is 323 g/mol. The average Bonchev–Trinajstić information content (AvgIpc) is 2.48. The predicted octanol–water partition coefficient (Wildman–Crippen LogP) is 4.43. The van der Waals surface area contributed by atoms with Crippen molar-refractivity contribution in [1.82, 2.24) is 0 Å². The summed E-state index contributed by atoms with van der Waals surface area (Å²) in [7, 11) is 1.59. The van der Waals surface area contributed by atoms with Crippen molar-refractivity contribution >= 4 is 15.9 Å². The Morgan fingerprint density at radius 3 is 2.40 bits per heavy atom. The Bertz CT molecular complexity index is 584. The van der Waals surface area contributed by atoms with Crippen LogP contribution in [-0.2, 0) is 0 Å². The zero-order valence-corrected chi connectivity index (χ0v) is 12.9. The van der Waals surface area contributed by atoms with Crippen LogP contribution in [0.5, 0.6) is 5.75 Å². The molecule has 2 aromatic rings. The predicted molar refractivity (Wildman–Crippen MR) is 80.5 cm³/mol. The van der Waals surface area contributed by atoms with Crippen molar-refractivity contribution < 1.29 is 14.2 Å². The Balaban J connectivity index is 2.26. The molecule has 106 valence electrons.